The number of esters is 1. The summed E-state index contributed by atoms with van der Waals surface area (Å²) in [5, 5.41) is 3.17. The summed E-state index contributed by atoms with van der Waals surface area (Å²) >= 11 is 0. The van der Waals surface area contributed by atoms with Gasteiger partial charge in [-0.05, 0) is 37.0 Å². The average molecular weight is 264 g/mol. The Kier molecular flexibility index (Phi) is 4.63. The van der Waals surface area contributed by atoms with Gasteiger partial charge in [0.05, 0.1) is 30.7 Å². The van der Waals surface area contributed by atoms with Gasteiger partial charge >= 0.3 is 5.97 Å². The predicted octanol–water partition coefficient (Wildman–Crippen LogP) is 1.89. The highest BCUT2D eigenvalue weighted by molar-refractivity contribution is 5.91. The third-order valence-corrected chi connectivity index (χ3v) is 3.09. The topological polar surface area (TPSA) is 73.6 Å². The first-order valence-corrected chi connectivity index (χ1v) is 6.50. The van der Waals surface area contributed by atoms with Gasteiger partial charge in [0, 0.05) is 13.2 Å². The van der Waals surface area contributed by atoms with Crippen LogP contribution >= 0.6 is 0 Å². The fourth-order valence-corrected chi connectivity index (χ4v) is 1.75. The lowest BCUT2D eigenvalue weighted by molar-refractivity contribution is 0.0601. The minimum atomic E-state index is -0.368. The van der Waals surface area contributed by atoms with Gasteiger partial charge in [0.15, 0.2) is 0 Å². The average Bonchev–Trinajstić information content (AvgIpc) is 3.23. The molecule has 0 spiro atoms. The zero-order valence-electron chi connectivity index (χ0n) is 11.1. The van der Waals surface area contributed by atoms with Crippen LogP contribution in [0.25, 0.3) is 0 Å². The zero-order chi connectivity index (χ0) is 13.7. The molecule has 1 aromatic rings. The number of benzene rings is 1. The first-order chi connectivity index (χ1) is 9.20. The van der Waals surface area contributed by atoms with Crippen LogP contribution in [0.1, 0.15) is 23.2 Å². The molecule has 0 amide bonds. The van der Waals surface area contributed by atoms with E-state index in [1.54, 1.807) is 18.2 Å². The van der Waals surface area contributed by atoms with Crippen LogP contribution in [0.2, 0.25) is 0 Å². The van der Waals surface area contributed by atoms with E-state index in [0.717, 1.165) is 18.2 Å². The summed E-state index contributed by atoms with van der Waals surface area (Å²) in [7, 11) is 1.36. The lowest BCUT2D eigenvalue weighted by atomic mass is 10.1. The number of anilines is 2. The molecule has 19 heavy (non-hydrogen) atoms. The molecule has 2 rings (SSSR count). The van der Waals surface area contributed by atoms with Crippen LogP contribution in [0.5, 0.6) is 0 Å². The number of hydrogen-bond acceptors (Lipinski definition) is 5. The largest absolute Gasteiger partial charge is 0.465 e. The number of rotatable bonds is 7. The second-order valence-electron chi connectivity index (χ2n) is 4.74. The summed E-state index contributed by atoms with van der Waals surface area (Å²) < 4.78 is 10.2. The maximum absolute atomic E-state index is 11.4. The van der Waals surface area contributed by atoms with Gasteiger partial charge in [-0.25, -0.2) is 4.79 Å². The van der Waals surface area contributed by atoms with Crippen LogP contribution in [0.3, 0.4) is 0 Å². The van der Waals surface area contributed by atoms with Crippen molar-refractivity contribution >= 4 is 17.3 Å². The molecule has 0 heterocycles. The van der Waals surface area contributed by atoms with Crippen molar-refractivity contribution < 1.29 is 14.3 Å². The Bertz CT molecular complexity index is 444. The summed E-state index contributed by atoms with van der Waals surface area (Å²) in [6.45, 7) is 2.15. The van der Waals surface area contributed by atoms with E-state index in [-0.39, 0.29) is 5.97 Å². The van der Waals surface area contributed by atoms with E-state index in [2.05, 4.69) is 10.1 Å². The number of hydrogen-bond donors (Lipinski definition) is 2. The van der Waals surface area contributed by atoms with Gasteiger partial charge in [0.25, 0.3) is 0 Å². The molecule has 1 saturated carbocycles. The standard InChI is InChI=1S/C14H20N2O3/c1-18-14(17)11-4-5-12(15)13(8-11)16-6-7-19-9-10-2-3-10/h4-5,8,10,16H,2-3,6-7,9,15H2,1H3. The van der Waals surface area contributed by atoms with Gasteiger partial charge in [0.2, 0.25) is 0 Å². The molecular weight excluding hydrogens is 244 g/mol. The Balaban J connectivity index is 1.81. The minimum absolute atomic E-state index is 0.368. The van der Waals surface area contributed by atoms with Crippen molar-refractivity contribution in [2.24, 2.45) is 5.92 Å². The fraction of sp³-hybridized carbons (Fsp3) is 0.500. The van der Waals surface area contributed by atoms with Crippen molar-refractivity contribution in [1.82, 2.24) is 0 Å². The highest BCUT2D eigenvalue weighted by Gasteiger charge is 2.20. The van der Waals surface area contributed by atoms with Crippen molar-refractivity contribution in [3.05, 3.63) is 23.8 Å². The Morgan fingerprint density at radius 1 is 1.47 bits per heavy atom. The molecule has 5 nitrogen and oxygen atoms in total. The van der Waals surface area contributed by atoms with Crippen LogP contribution in [0, 0.1) is 5.92 Å². The van der Waals surface area contributed by atoms with E-state index in [4.69, 9.17) is 10.5 Å². The Labute approximate surface area is 113 Å². The fourth-order valence-electron chi connectivity index (χ4n) is 1.75. The van der Waals surface area contributed by atoms with E-state index in [1.807, 2.05) is 0 Å². The lowest BCUT2D eigenvalue weighted by Crippen LogP contribution is -2.12. The molecule has 0 atom stereocenters. The first kappa shape index (κ1) is 13.7. The molecule has 5 heteroatoms. The number of carbonyl (C=O) groups is 1. The quantitative estimate of drug-likeness (QED) is 0.447. The van der Waals surface area contributed by atoms with Crippen LogP contribution in [0.4, 0.5) is 11.4 Å². The highest BCUT2D eigenvalue weighted by atomic mass is 16.5. The van der Waals surface area contributed by atoms with E-state index in [1.165, 1.54) is 20.0 Å². The number of nitrogens with two attached hydrogens (primary N) is 1. The summed E-state index contributed by atoms with van der Waals surface area (Å²) in [5.41, 5.74) is 7.67. The smallest absolute Gasteiger partial charge is 0.337 e. The molecule has 1 aliphatic rings. The monoisotopic (exact) mass is 264 g/mol. The molecule has 1 aliphatic carbocycles. The van der Waals surface area contributed by atoms with Gasteiger partial charge in [-0.1, -0.05) is 0 Å². The van der Waals surface area contributed by atoms with Crippen molar-refractivity contribution in [3.8, 4) is 0 Å². The third kappa shape index (κ3) is 4.13. The molecule has 0 saturated heterocycles. The highest BCUT2D eigenvalue weighted by Crippen LogP contribution is 2.28. The van der Waals surface area contributed by atoms with Crippen molar-refractivity contribution in [1.29, 1.82) is 0 Å². The summed E-state index contributed by atoms with van der Waals surface area (Å²) in [4.78, 5) is 11.4. The normalized spacial score (nSPS) is 14.2. The van der Waals surface area contributed by atoms with Gasteiger partial charge in [-0.2, -0.15) is 0 Å². The van der Waals surface area contributed by atoms with Gasteiger partial charge in [-0.3, -0.25) is 0 Å². The van der Waals surface area contributed by atoms with E-state index in [0.29, 0.717) is 24.4 Å². The number of ether oxygens (including phenoxy) is 2. The van der Waals surface area contributed by atoms with Crippen molar-refractivity contribution in [2.75, 3.05) is 37.9 Å². The molecule has 0 radical (unpaired) electrons. The summed E-state index contributed by atoms with van der Waals surface area (Å²) in [5.74, 6) is 0.403. The third-order valence-electron chi connectivity index (χ3n) is 3.09. The Morgan fingerprint density at radius 2 is 2.26 bits per heavy atom. The number of nitrogens with one attached hydrogen (secondary N) is 1. The van der Waals surface area contributed by atoms with Crippen LogP contribution in [0.15, 0.2) is 18.2 Å². The second-order valence-corrected chi connectivity index (χ2v) is 4.74. The zero-order valence-corrected chi connectivity index (χ0v) is 11.1. The predicted molar refractivity (Wildman–Crippen MR) is 74.2 cm³/mol. The Morgan fingerprint density at radius 3 is 2.95 bits per heavy atom. The second kappa shape index (κ2) is 6.43. The number of methoxy groups -OCH3 is 1. The van der Waals surface area contributed by atoms with E-state index >= 15 is 0 Å². The summed E-state index contributed by atoms with van der Waals surface area (Å²) in [6.07, 6.45) is 2.59. The van der Waals surface area contributed by atoms with Crippen LogP contribution in [-0.2, 0) is 9.47 Å². The summed E-state index contributed by atoms with van der Waals surface area (Å²) in [6, 6.07) is 5.04. The van der Waals surface area contributed by atoms with Gasteiger partial charge in [-0.15, -0.1) is 0 Å². The van der Waals surface area contributed by atoms with Crippen LogP contribution < -0.4 is 11.1 Å². The van der Waals surface area contributed by atoms with Crippen LogP contribution in [-0.4, -0.2) is 32.8 Å². The molecule has 1 fully saturated rings. The van der Waals surface area contributed by atoms with E-state index in [9.17, 15) is 4.79 Å². The SMILES string of the molecule is COC(=O)c1ccc(N)c(NCCOCC2CC2)c1. The number of carbonyl (C=O) groups excluding carboxylic acids is 1. The molecule has 104 valence electrons. The molecule has 0 aromatic heterocycles. The molecule has 1 aromatic carbocycles. The number of nitrogen functional groups attached to an aromatic ring is 1. The molecule has 0 unspecified atom stereocenters. The van der Waals surface area contributed by atoms with Gasteiger partial charge in [0.1, 0.15) is 0 Å². The van der Waals surface area contributed by atoms with Crippen molar-refractivity contribution in [3.63, 3.8) is 0 Å². The first-order valence-electron chi connectivity index (χ1n) is 6.50. The Hall–Kier alpha value is -1.75. The maximum Gasteiger partial charge on any atom is 0.337 e. The lowest BCUT2D eigenvalue weighted by Gasteiger charge is -2.11. The molecule has 0 aliphatic heterocycles. The van der Waals surface area contributed by atoms with Crippen molar-refractivity contribution in [2.45, 2.75) is 12.8 Å². The molecular formula is C14H20N2O3. The minimum Gasteiger partial charge on any atom is -0.465 e. The van der Waals surface area contributed by atoms with E-state index < -0.39 is 0 Å². The maximum atomic E-state index is 11.4. The molecule has 3 N–H and O–H groups in total. The van der Waals surface area contributed by atoms with Gasteiger partial charge < -0.3 is 20.5 Å². The molecule has 0 bridgehead atoms.